The minimum absolute atomic E-state index is 0.0735. The first-order chi connectivity index (χ1) is 22.4. The van der Waals surface area contributed by atoms with E-state index in [0.717, 1.165) is 82.3 Å². The fraction of sp³-hybridized carbons (Fsp3) is 0.722. The number of ether oxygens (including phenoxy) is 1. The first-order valence-corrected chi connectivity index (χ1v) is 17.8. The number of aliphatic hydroxyl groups is 2. The molecule has 1 aromatic heterocycles. The first-order valence-electron chi connectivity index (χ1n) is 17.8. The SMILES string of the molecule is Cc1c(OCc2cnco2)ccc2c1CCN(C[C@@H](O)CNC(=O)C1CCNC(NC3CC(CO)C3)C13CCCCCCCC3)C2. The van der Waals surface area contributed by atoms with Gasteiger partial charge in [-0.1, -0.05) is 44.6 Å². The maximum absolute atomic E-state index is 14.0. The highest BCUT2D eigenvalue weighted by molar-refractivity contribution is 5.80. The van der Waals surface area contributed by atoms with Crippen molar-refractivity contribution >= 4 is 5.91 Å². The van der Waals surface area contributed by atoms with Crippen LogP contribution in [0.4, 0.5) is 0 Å². The zero-order valence-corrected chi connectivity index (χ0v) is 27.6. The second-order valence-electron chi connectivity index (χ2n) is 14.4. The third-order valence-electron chi connectivity index (χ3n) is 11.3. The van der Waals surface area contributed by atoms with Crippen LogP contribution in [0, 0.1) is 24.2 Å². The Kier molecular flexibility index (Phi) is 11.3. The maximum atomic E-state index is 14.0. The molecule has 1 aromatic carbocycles. The van der Waals surface area contributed by atoms with Crippen LogP contribution in [-0.2, 0) is 24.4 Å². The van der Waals surface area contributed by atoms with Gasteiger partial charge in [-0.15, -0.1) is 0 Å². The fourth-order valence-corrected chi connectivity index (χ4v) is 8.67. The lowest BCUT2D eigenvalue weighted by molar-refractivity contribution is -0.135. The average molecular weight is 638 g/mol. The van der Waals surface area contributed by atoms with E-state index in [1.165, 1.54) is 43.2 Å². The molecule has 3 fully saturated rings. The molecule has 3 heterocycles. The van der Waals surface area contributed by atoms with Crippen LogP contribution in [-0.4, -0.2) is 77.1 Å². The predicted octanol–water partition coefficient (Wildman–Crippen LogP) is 3.81. The van der Waals surface area contributed by atoms with Crippen molar-refractivity contribution in [2.45, 2.75) is 115 Å². The number of β-amino-alcohol motifs (C(OH)–C–C–N with tert-alkyl or cyclic N) is 1. The first kappa shape index (κ1) is 33.4. The Morgan fingerprint density at radius 2 is 1.98 bits per heavy atom. The van der Waals surface area contributed by atoms with Crippen LogP contribution in [0.15, 0.2) is 29.1 Å². The summed E-state index contributed by atoms with van der Waals surface area (Å²) in [6.45, 7) is 5.96. The predicted molar refractivity (Wildman–Crippen MR) is 176 cm³/mol. The van der Waals surface area contributed by atoms with Crippen LogP contribution in [0.2, 0.25) is 0 Å². The summed E-state index contributed by atoms with van der Waals surface area (Å²) in [5.41, 5.74) is 3.60. The van der Waals surface area contributed by atoms with E-state index in [-0.39, 0.29) is 36.6 Å². The highest BCUT2D eigenvalue weighted by Gasteiger charge is 2.51. The minimum atomic E-state index is -0.631. The van der Waals surface area contributed by atoms with Crippen molar-refractivity contribution < 1.29 is 24.2 Å². The van der Waals surface area contributed by atoms with Crippen LogP contribution in [0.5, 0.6) is 5.75 Å². The highest BCUT2D eigenvalue weighted by Crippen LogP contribution is 2.47. The van der Waals surface area contributed by atoms with E-state index in [1.807, 2.05) is 6.07 Å². The van der Waals surface area contributed by atoms with Gasteiger partial charge < -0.3 is 30.0 Å². The second-order valence-corrected chi connectivity index (χ2v) is 14.4. The summed E-state index contributed by atoms with van der Waals surface area (Å²) in [4.78, 5) is 20.2. The maximum Gasteiger partial charge on any atom is 0.223 e. The number of piperidine rings is 1. The summed E-state index contributed by atoms with van der Waals surface area (Å²) in [7, 11) is 0. The number of aliphatic hydroxyl groups excluding tert-OH is 2. The molecule has 254 valence electrons. The number of nitrogens with one attached hydrogen (secondary N) is 3. The van der Waals surface area contributed by atoms with Crippen molar-refractivity contribution in [3.05, 3.63) is 47.2 Å². The van der Waals surface area contributed by atoms with Gasteiger partial charge in [0.15, 0.2) is 12.2 Å². The number of fused-ring (bicyclic) bond motifs is 1. The van der Waals surface area contributed by atoms with Gasteiger partial charge >= 0.3 is 0 Å². The van der Waals surface area contributed by atoms with Crippen molar-refractivity contribution in [2.24, 2.45) is 17.3 Å². The Morgan fingerprint density at radius 3 is 2.72 bits per heavy atom. The lowest BCUT2D eigenvalue weighted by Crippen LogP contribution is -2.66. The van der Waals surface area contributed by atoms with E-state index >= 15 is 0 Å². The summed E-state index contributed by atoms with van der Waals surface area (Å²) in [5, 5.41) is 31.6. The molecule has 1 saturated heterocycles. The topological polar surface area (TPSA) is 132 Å². The molecule has 10 nitrogen and oxygen atoms in total. The van der Waals surface area contributed by atoms with E-state index in [1.54, 1.807) is 6.20 Å². The normalized spacial score (nSPS) is 27.5. The molecule has 10 heteroatoms. The van der Waals surface area contributed by atoms with Gasteiger partial charge in [0.2, 0.25) is 5.91 Å². The molecule has 2 aliphatic carbocycles. The van der Waals surface area contributed by atoms with Gasteiger partial charge in [0.05, 0.1) is 18.5 Å². The van der Waals surface area contributed by atoms with E-state index in [0.29, 0.717) is 30.9 Å². The number of benzene rings is 1. The molecule has 46 heavy (non-hydrogen) atoms. The van der Waals surface area contributed by atoms with Gasteiger partial charge in [0, 0.05) is 50.2 Å². The standard InChI is InChI=1S/C36H55N5O5/c1-25-31-11-15-41(20-27(31)8-9-33(25)45-23-30-19-37-24-46-30)21-29(43)18-39-34(44)32-10-14-38-35(40-28-16-26(17-28)22-42)36(32)12-6-4-2-3-5-7-13-36/h8-9,19,24,26,28-29,32,35,38,40,42-43H,2-7,10-18,20-23H2,1H3,(H,39,44)/t26?,28?,29-,32?,35?/m0/s1. The number of carbonyl (C=O) groups excluding carboxylic acids is 1. The molecule has 2 saturated carbocycles. The van der Waals surface area contributed by atoms with E-state index in [9.17, 15) is 15.0 Å². The molecule has 4 aliphatic rings. The molecule has 2 aromatic rings. The Hall–Kier alpha value is -2.50. The molecule has 5 N–H and O–H groups in total. The smallest absolute Gasteiger partial charge is 0.223 e. The van der Waals surface area contributed by atoms with Crippen molar-refractivity contribution in [3.8, 4) is 5.75 Å². The third kappa shape index (κ3) is 7.79. The largest absolute Gasteiger partial charge is 0.485 e. The number of aromatic nitrogens is 1. The second kappa shape index (κ2) is 15.6. The molecule has 2 aliphatic heterocycles. The van der Waals surface area contributed by atoms with E-state index in [2.05, 4.69) is 38.8 Å². The van der Waals surface area contributed by atoms with Gasteiger partial charge in [-0.3, -0.25) is 15.0 Å². The summed E-state index contributed by atoms with van der Waals surface area (Å²) in [5.74, 6) is 1.99. The number of nitrogens with zero attached hydrogens (tertiary/aromatic N) is 2. The number of rotatable bonds is 11. The summed E-state index contributed by atoms with van der Waals surface area (Å²) >= 11 is 0. The molecule has 2 unspecified atom stereocenters. The molecule has 6 rings (SSSR count). The number of oxazole rings is 1. The van der Waals surface area contributed by atoms with Crippen LogP contribution in [0.25, 0.3) is 0 Å². The quantitative estimate of drug-likeness (QED) is 0.250. The molecule has 3 atom stereocenters. The average Bonchev–Trinajstić information content (AvgIpc) is 3.59. The van der Waals surface area contributed by atoms with E-state index < -0.39 is 6.10 Å². The Morgan fingerprint density at radius 1 is 1.20 bits per heavy atom. The van der Waals surface area contributed by atoms with Crippen molar-refractivity contribution in [2.75, 3.05) is 32.8 Å². The molecule has 0 radical (unpaired) electrons. The Labute approximate surface area is 274 Å². The van der Waals surface area contributed by atoms with Gasteiger partial charge in [-0.25, -0.2) is 4.98 Å². The molecule has 1 amide bonds. The Balaban J connectivity index is 1.04. The van der Waals surface area contributed by atoms with Crippen molar-refractivity contribution in [3.63, 3.8) is 0 Å². The number of amides is 1. The van der Waals surface area contributed by atoms with Crippen LogP contribution in [0.1, 0.15) is 93.1 Å². The number of hydrogen-bond acceptors (Lipinski definition) is 9. The van der Waals surface area contributed by atoms with Crippen LogP contribution >= 0.6 is 0 Å². The molecule has 0 bridgehead atoms. The monoisotopic (exact) mass is 637 g/mol. The fourth-order valence-electron chi connectivity index (χ4n) is 8.67. The zero-order valence-electron chi connectivity index (χ0n) is 27.6. The van der Waals surface area contributed by atoms with Crippen molar-refractivity contribution in [1.82, 2.24) is 25.8 Å². The van der Waals surface area contributed by atoms with Gasteiger partial charge in [-0.2, -0.15) is 0 Å². The summed E-state index contributed by atoms with van der Waals surface area (Å²) in [6.07, 6.45) is 15.7. The molecular weight excluding hydrogens is 582 g/mol. The van der Waals surface area contributed by atoms with Crippen molar-refractivity contribution in [1.29, 1.82) is 0 Å². The Bertz CT molecular complexity index is 1260. The van der Waals surface area contributed by atoms with Gasteiger partial charge in [-0.05, 0) is 80.7 Å². The molecular formula is C36H55N5O5. The highest BCUT2D eigenvalue weighted by atomic mass is 16.5. The lowest BCUT2D eigenvalue weighted by Gasteiger charge is -2.52. The summed E-state index contributed by atoms with van der Waals surface area (Å²) in [6, 6.07) is 4.55. The van der Waals surface area contributed by atoms with Gasteiger partial charge in [0.25, 0.3) is 0 Å². The lowest BCUT2D eigenvalue weighted by atomic mass is 9.62. The number of hydrogen-bond donors (Lipinski definition) is 5. The van der Waals surface area contributed by atoms with Crippen LogP contribution < -0.4 is 20.7 Å². The molecule has 1 spiro atoms. The third-order valence-corrected chi connectivity index (χ3v) is 11.3. The van der Waals surface area contributed by atoms with E-state index in [4.69, 9.17) is 9.15 Å². The van der Waals surface area contributed by atoms with Gasteiger partial charge in [0.1, 0.15) is 12.4 Å². The summed E-state index contributed by atoms with van der Waals surface area (Å²) < 4.78 is 11.3. The minimum Gasteiger partial charge on any atom is -0.485 e. The zero-order chi connectivity index (χ0) is 31.9. The van der Waals surface area contributed by atoms with Crippen LogP contribution in [0.3, 0.4) is 0 Å². The number of carbonyl (C=O) groups is 1.